The smallest absolute Gasteiger partial charge is 0.227 e. The Hall–Kier alpha value is -1.66. The van der Waals surface area contributed by atoms with Crippen LogP contribution in [0.1, 0.15) is 20.3 Å². The topological polar surface area (TPSA) is 87.8 Å². The zero-order valence-corrected chi connectivity index (χ0v) is 11.8. The first-order chi connectivity index (χ1) is 9.24. The Kier molecular flexibility index (Phi) is 3.71. The average Bonchev–Trinajstić information content (AvgIpc) is 2.97. The number of nitrogens with zero attached hydrogens (tertiary/aromatic N) is 2. The number of halogens is 1. The zero-order chi connectivity index (χ0) is 15.0. The summed E-state index contributed by atoms with van der Waals surface area (Å²) in [5, 5.41) is 2.92. The third-order valence-electron chi connectivity index (χ3n) is 3.75. The van der Waals surface area contributed by atoms with Crippen LogP contribution in [0, 0.1) is 11.8 Å². The number of carbonyl (C=O) groups is 2. The van der Waals surface area contributed by atoms with Crippen LogP contribution >= 0.6 is 0 Å². The summed E-state index contributed by atoms with van der Waals surface area (Å²) in [5.74, 6) is -0.618. The van der Waals surface area contributed by atoms with Crippen molar-refractivity contribution in [1.82, 2.24) is 10.2 Å². The fourth-order valence-electron chi connectivity index (χ4n) is 2.32. The third-order valence-corrected chi connectivity index (χ3v) is 3.75. The van der Waals surface area contributed by atoms with E-state index >= 15 is 0 Å². The van der Waals surface area contributed by atoms with Crippen LogP contribution in [0.5, 0.6) is 0 Å². The van der Waals surface area contributed by atoms with Gasteiger partial charge in [-0.25, -0.2) is 4.39 Å². The minimum Gasteiger partial charge on any atom is -0.369 e. The van der Waals surface area contributed by atoms with Crippen molar-refractivity contribution < 1.29 is 14.0 Å². The minimum absolute atomic E-state index is 0.0387. The lowest BCUT2D eigenvalue weighted by Crippen LogP contribution is -2.45. The molecule has 6 nitrogen and oxygen atoms in total. The van der Waals surface area contributed by atoms with Crippen LogP contribution in [0.4, 0.5) is 4.39 Å². The summed E-state index contributed by atoms with van der Waals surface area (Å²) in [6, 6.07) is 0. The van der Waals surface area contributed by atoms with Crippen molar-refractivity contribution in [2.45, 2.75) is 25.9 Å². The standard InChI is InChI=1S/C13H20FN4O2/c1-12(2,10(15)20)7-9(19)18-6-3-13(14,8-18)11-16-4-5-17-11/h7H,3-6,8H2,1-2H3,(H2,15,20)(H,16,17)/t13-/m1/s1. The number of amides is 2. The second-order valence-electron chi connectivity index (χ2n) is 5.86. The molecular formula is C13H20FN4O2. The van der Waals surface area contributed by atoms with Gasteiger partial charge in [-0.3, -0.25) is 14.6 Å². The van der Waals surface area contributed by atoms with Crippen molar-refractivity contribution in [3.63, 3.8) is 0 Å². The number of amidine groups is 1. The molecular weight excluding hydrogens is 263 g/mol. The number of primary amides is 1. The Labute approximate surface area is 117 Å². The molecule has 1 atom stereocenters. The molecule has 2 rings (SSSR count). The number of carbonyl (C=O) groups excluding carboxylic acids is 2. The van der Waals surface area contributed by atoms with Crippen LogP contribution in [0.25, 0.3) is 0 Å². The van der Waals surface area contributed by atoms with Gasteiger partial charge in [-0.05, 0) is 0 Å². The molecule has 7 heteroatoms. The number of nitrogens with one attached hydrogen (secondary N) is 1. The molecule has 0 aromatic rings. The van der Waals surface area contributed by atoms with Crippen LogP contribution in [-0.4, -0.2) is 54.4 Å². The number of hydrogen-bond acceptors (Lipinski definition) is 4. The van der Waals surface area contributed by atoms with Crippen LogP contribution in [0.3, 0.4) is 0 Å². The third kappa shape index (κ3) is 2.76. The Bertz CT molecular complexity index is 463. The van der Waals surface area contributed by atoms with Gasteiger partial charge in [0.15, 0.2) is 5.67 Å². The molecule has 0 aliphatic carbocycles. The molecule has 0 saturated carbocycles. The number of rotatable bonds is 4. The summed E-state index contributed by atoms with van der Waals surface area (Å²) in [6.45, 7) is 4.60. The molecule has 1 fully saturated rings. The highest BCUT2D eigenvalue weighted by atomic mass is 19.1. The number of likely N-dealkylation sites (tertiary alicyclic amines) is 1. The van der Waals surface area contributed by atoms with Gasteiger partial charge in [0.05, 0.1) is 24.9 Å². The van der Waals surface area contributed by atoms with Crippen molar-refractivity contribution in [3.8, 4) is 0 Å². The van der Waals surface area contributed by atoms with E-state index in [1.54, 1.807) is 13.8 Å². The first-order valence-corrected chi connectivity index (χ1v) is 6.67. The molecule has 0 bridgehead atoms. The second kappa shape index (κ2) is 5.03. The van der Waals surface area contributed by atoms with Gasteiger partial charge in [-0.2, -0.15) is 0 Å². The molecule has 0 spiro atoms. The molecule has 2 amide bonds. The maximum absolute atomic E-state index is 14.7. The SMILES string of the molecule is CC(C)([CH]C(=O)N1CC[C@](F)(C2=NCCN2)C1)C(N)=O. The lowest BCUT2D eigenvalue weighted by atomic mass is 9.88. The summed E-state index contributed by atoms with van der Waals surface area (Å²) in [7, 11) is 0. The maximum atomic E-state index is 14.7. The molecule has 111 valence electrons. The molecule has 20 heavy (non-hydrogen) atoms. The summed E-state index contributed by atoms with van der Waals surface area (Å²) in [6.07, 6.45) is 1.47. The van der Waals surface area contributed by atoms with Gasteiger partial charge in [0.1, 0.15) is 5.84 Å². The molecule has 0 unspecified atom stereocenters. The average molecular weight is 283 g/mol. The van der Waals surface area contributed by atoms with Gasteiger partial charge in [-0.15, -0.1) is 0 Å². The molecule has 0 aromatic carbocycles. The van der Waals surface area contributed by atoms with E-state index in [4.69, 9.17) is 5.73 Å². The number of alkyl halides is 1. The highest BCUT2D eigenvalue weighted by Gasteiger charge is 2.46. The molecule has 1 saturated heterocycles. The van der Waals surface area contributed by atoms with Crippen molar-refractivity contribution in [3.05, 3.63) is 6.42 Å². The Morgan fingerprint density at radius 2 is 2.25 bits per heavy atom. The van der Waals surface area contributed by atoms with E-state index in [0.717, 1.165) is 0 Å². The minimum atomic E-state index is -1.60. The molecule has 2 aliphatic heterocycles. The van der Waals surface area contributed by atoms with Gasteiger partial charge < -0.3 is 16.0 Å². The van der Waals surface area contributed by atoms with E-state index in [9.17, 15) is 14.0 Å². The lowest BCUT2D eigenvalue weighted by Gasteiger charge is -2.25. The Balaban J connectivity index is 1.99. The highest BCUT2D eigenvalue weighted by Crippen LogP contribution is 2.29. The van der Waals surface area contributed by atoms with Crippen molar-refractivity contribution >= 4 is 17.6 Å². The zero-order valence-electron chi connectivity index (χ0n) is 11.8. The van der Waals surface area contributed by atoms with E-state index in [0.29, 0.717) is 25.5 Å². The normalized spacial score (nSPS) is 26.4. The summed E-state index contributed by atoms with van der Waals surface area (Å²) >= 11 is 0. The monoisotopic (exact) mass is 283 g/mol. The van der Waals surface area contributed by atoms with E-state index < -0.39 is 17.0 Å². The predicted octanol–water partition coefficient (Wildman–Crippen LogP) is -0.356. The van der Waals surface area contributed by atoms with Gasteiger partial charge >= 0.3 is 0 Å². The van der Waals surface area contributed by atoms with E-state index in [-0.39, 0.29) is 18.9 Å². The Morgan fingerprint density at radius 1 is 1.55 bits per heavy atom. The molecule has 2 heterocycles. The maximum Gasteiger partial charge on any atom is 0.227 e. The van der Waals surface area contributed by atoms with Crippen molar-refractivity contribution in [2.24, 2.45) is 16.1 Å². The Morgan fingerprint density at radius 3 is 2.80 bits per heavy atom. The lowest BCUT2D eigenvalue weighted by molar-refractivity contribution is -0.132. The highest BCUT2D eigenvalue weighted by molar-refractivity contribution is 5.96. The van der Waals surface area contributed by atoms with Crippen LogP contribution < -0.4 is 11.1 Å². The summed E-state index contributed by atoms with van der Waals surface area (Å²) in [5.41, 5.74) is 2.59. The fourth-order valence-corrected chi connectivity index (χ4v) is 2.32. The molecule has 3 N–H and O–H groups in total. The van der Waals surface area contributed by atoms with Gasteiger partial charge in [0.2, 0.25) is 11.8 Å². The van der Waals surface area contributed by atoms with Gasteiger partial charge in [0.25, 0.3) is 0 Å². The second-order valence-corrected chi connectivity index (χ2v) is 5.86. The van der Waals surface area contributed by atoms with Crippen molar-refractivity contribution in [2.75, 3.05) is 26.2 Å². The molecule has 1 radical (unpaired) electrons. The summed E-state index contributed by atoms with van der Waals surface area (Å²) < 4.78 is 14.7. The van der Waals surface area contributed by atoms with Crippen LogP contribution in [0.2, 0.25) is 0 Å². The largest absolute Gasteiger partial charge is 0.369 e. The molecule has 0 aromatic heterocycles. The quantitative estimate of drug-likeness (QED) is 0.739. The number of nitrogens with two attached hydrogens (primary N) is 1. The first kappa shape index (κ1) is 14.7. The van der Waals surface area contributed by atoms with E-state index in [1.807, 2.05) is 0 Å². The first-order valence-electron chi connectivity index (χ1n) is 6.67. The number of aliphatic imine (C=N–C) groups is 1. The van der Waals surface area contributed by atoms with Gasteiger partial charge in [-0.1, -0.05) is 13.8 Å². The predicted molar refractivity (Wildman–Crippen MR) is 72.6 cm³/mol. The van der Waals surface area contributed by atoms with Crippen LogP contribution in [0.15, 0.2) is 4.99 Å². The van der Waals surface area contributed by atoms with E-state index in [1.165, 1.54) is 11.3 Å². The summed E-state index contributed by atoms with van der Waals surface area (Å²) in [4.78, 5) is 28.8. The van der Waals surface area contributed by atoms with E-state index in [2.05, 4.69) is 10.3 Å². The van der Waals surface area contributed by atoms with Crippen molar-refractivity contribution in [1.29, 1.82) is 0 Å². The fraction of sp³-hybridized carbons (Fsp3) is 0.692. The molecule has 2 aliphatic rings. The van der Waals surface area contributed by atoms with Crippen LogP contribution in [-0.2, 0) is 9.59 Å². The van der Waals surface area contributed by atoms with Gasteiger partial charge in [0, 0.05) is 19.5 Å². The number of hydrogen-bond donors (Lipinski definition) is 2.